The average Bonchev–Trinajstić information content (AvgIpc) is 2.31. The first-order valence-electron chi connectivity index (χ1n) is 4.75. The van der Waals surface area contributed by atoms with Crippen molar-refractivity contribution in [3.8, 4) is 11.6 Å². The first-order chi connectivity index (χ1) is 8.56. The van der Waals surface area contributed by atoms with Crippen LogP contribution >= 0.6 is 11.6 Å². The van der Waals surface area contributed by atoms with Gasteiger partial charge in [-0.15, -0.1) is 0 Å². The summed E-state index contributed by atoms with van der Waals surface area (Å²) in [7, 11) is 0. The molecule has 0 aliphatic heterocycles. The van der Waals surface area contributed by atoms with E-state index in [1.807, 2.05) is 0 Å². The molecule has 0 unspecified atom stereocenters. The second-order valence-electron chi connectivity index (χ2n) is 3.26. The van der Waals surface area contributed by atoms with Crippen LogP contribution in [0.3, 0.4) is 0 Å². The number of anilines is 1. The summed E-state index contributed by atoms with van der Waals surface area (Å²) in [5, 5.41) is 10.9. The van der Waals surface area contributed by atoms with Crippen LogP contribution in [0.5, 0.6) is 11.6 Å². The van der Waals surface area contributed by atoms with E-state index < -0.39 is 4.92 Å². The molecule has 1 aromatic carbocycles. The highest BCUT2D eigenvalue weighted by Crippen LogP contribution is 2.32. The Labute approximate surface area is 106 Å². The predicted octanol–water partition coefficient (Wildman–Crippen LogP) is 2.41. The number of benzene rings is 1. The Morgan fingerprint density at radius 2 is 2.11 bits per heavy atom. The second-order valence-corrected chi connectivity index (χ2v) is 3.66. The average molecular weight is 267 g/mol. The van der Waals surface area contributed by atoms with Crippen molar-refractivity contribution < 1.29 is 9.66 Å². The number of nitro benzene ring substituents is 1. The van der Waals surface area contributed by atoms with E-state index in [0.29, 0.717) is 0 Å². The molecule has 18 heavy (non-hydrogen) atoms. The number of nitrogens with zero attached hydrogens (tertiary/aromatic N) is 3. The summed E-state index contributed by atoms with van der Waals surface area (Å²) in [5.74, 6) is 0.510. The smallest absolute Gasteiger partial charge is 0.273 e. The van der Waals surface area contributed by atoms with Crippen LogP contribution in [-0.4, -0.2) is 14.9 Å². The number of non-ortho nitro benzene ring substituents is 1. The SMILES string of the molecule is Nc1cc(Oc2cc([N+](=O)[O-])ccc2Cl)ncn1. The highest BCUT2D eigenvalue weighted by atomic mass is 35.5. The van der Waals surface area contributed by atoms with Gasteiger partial charge in [0.15, 0.2) is 5.75 Å². The third-order valence-electron chi connectivity index (χ3n) is 2.00. The van der Waals surface area contributed by atoms with Crippen molar-refractivity contribution in [3.63, 3.8) is 0 Å². The fraction of sp³-hybridized carbons (Fsp3) is 0. The summed E-state index contributed by atoms with van der Waals surface area (Å²) < 4.78 is 5.31. The summed E-state index contributed by atoms with van der Waals surface area (Å²) in [6, 6.07) is 5.25. The molecule has 0 saturated carbocycles. The van der Waals surface area contributed by atoms with Crippen molar-refractivity contribution in [2.45, 2.75) is 0 Å². The zero-order chi connectivity index (χ0) is 13.1. The number of aromatic nitrogens is 2. The van der Waals surface area contributed by atoms with Crippen molar-refractivity contribution in [1.82, 2.24) is 9.97 Å². The Hall–Kier alpha value is -2.41. The van der Waals surface area contributed by atoms with E-state index in [2.05, 4.69) is 9.97 Å². The zero-order valence-electron chi connectivity index (χ0n) is 8.91. The van der Waals surface area contributed by atoms with Crippen LogP contribution in [0.4, 0.5) is 11.5 Å². The minimum absolute atomic E-state index is 0.128. The van der Waals surface area contributed by atoms with E-state index >= 15 is 0 Å². The molecule has 0 aliphatic rings. The molecule has 0 fully saturated rings. The van der Waals surface area contributed by atoms with E-state index in [0.717, 1.165) is 0 Å². The molecule has 1 heterocycles. The lowest BCUT2D eigenvalue weighted by Crippen LogP contribution is -1.95. The Morgan fingerprint density at radius 3 is 2.78 bits per heavy atom. The van der Waals surface area contributed by atoms with Crippen LogP contribution < -0.4 is 10.5 Å². The van der Waals surface area contributed by atoms with E-state index in [4.69, 9.17) is 22.1 Å². The van der Waals surface area contributed by atoms with Gasteiger partial charge in [-0.1, -0.05) is 11.6 Å². The number of nitrogens with two attached hydrogens (primary N) is 1. The standard InChI is InChI=1S/C10H7ClN4O3/c11-7-2-1-6(15(16)17)3-8(7)18-10-4-9(12)13-5-14-10/h1-5H,(H2,12,13,14). The topological polar surface area (TPSA) is 104 Å². The summed E-state index contributed by atoms with van der Waals surface area (Å²) in [4.78, 5) is 17.6. The van der Waals surface area contributed by atoms with Crippen LogP contribution in [0.2, 0.25) is 5.02 Å². The molecule has 0 radical (unpaired) electrons. The third-order valence-corrected chi connectivity index (χ3v) is 2.32. The molecule has 0 bridgehead atoms. The van der Waals surface area contributed by atoms with Crippen molar-refractivity contribution in [2.75, 3.05) is 5.73 Å². The van der Waals surface area contributed by atoms with Gasteiger partial charge in [0.25, 0.3) is 5.69 Å². The maximum absolute atomic E-state index is 10.6. The van der Waals surface area contributed by atoms with Crippen LogP contribution in [0, 0.1) is 10.1 Å². The van der Waals surface area contributed by atoms with E-state index in [-0.39, 0.29) is 28.2 Å². The van der Waals surface area contributed by atoms with Gasteiger partial charge in [-0.2, -0.15) is 0 Å². The lowest BCUT2D eigenvalue weighted by atomic mass is 10.3. The number of rotatable bonds is 3. The largest absolute Gasteiger partial charge is 0.437 e. The minimum Gasteiger partial charge on any atom is -0.437 e. The van der Waals surface area contributed by atoms with E-state index in [1.165, 1.54) is 30.6 Å². The Balaban J connectivity index is 2.33. The number of hydrogen-bond donors (Lipinski definition) is 1. The monoisotopic (exact) mass is 266 g/mol. The molecule has 7 nitrogen and oxygen atoms in total. The van der Waals surface area contributed by atoms with Gasteiger partial charge in [0.1, 0.15) is 12.1 Å². The molecule has 2 rings (SSSR count). The highest BCUT2D eigenvalue weighted by Gasteiger charge is 2.12. The van der Waals surface area contributed by atoms with Gasteiger partial charge in [-0.25, -0.2) is 9.97 Å². The van der Waals surface area contributed by atoms with Gasteiger partial charge in [0.2, 0.25) is 5.88 Å². The maximum Gasteiger partial charge on any atom is 0.273 e. The molecule has 0 amide bonds. The maximum atomic E-state index is 10.6. The fourth-order valence-corrected chi connectivity index (χ4v) is 1.36. The van der Waals surface area contributed by atoms with Gasteiger partial charge in [0, 0.05) is 12.1 Å². The van der Waals surface area contributed by atoms with E-state index in [1.54, 1.807) is 0 Å². The first-order valence-corrected chi connectivity index (χ1v) is 5.13. The van der Waals surface area contributed by atoms with Crippen molar-refractivity contribution in [2.24, 2.45) is 0 Å². The molecule has 8 heteroatoms. The molecule has 0 saturated heterocycles. The summed E-state index contributed by atoms with van der Waals surface area (Å²) in [6.45, 7) is 0. The summed E-state index contributed by atoms with van der Waals surface area (Å²) >= 11 is 5.87. The first kappa shape index (κ1) is 12.1. The summed E-state index contributed by atoms with van der Waals surface area (Å²) in [5.41, 5.74) is 5.33. The Kier molecular flexibility index (Phi) is 3.24. The molecule has 1 aromatic heterocycles. The van der Waals surface area contributed by atoms with Gasteiger partial charge in [0.05, 0.1) is 16.0 Å². The van der Waals surface area contributed by atoms with Crippen LogP contribution in [0.25, 0.3) is 0 Å². The van der Waals surface area contributed by atoms with Crippen molar-refractivity contribution in [3.05, 3.63) is 45.7 Å². The van der Waals surface area contributed by atoms with Gasteiger partial charge < -0.3 is 10.5 Å². The number of hydrogen-bond acceptors (Lipinski definition) is 6. The predicted molar refractivity (Wildman–Crippen MR) is 64.6 cm³/mol. The second kappa shape index (κ2) is 4.84. The van der Waals surface area contributed by atoms with Gasteiger partial charge in [-0.05, 0) is 6.07 Å². The third kappa shape index (κ3) is 2.64. The highest BCUT2D eigenvalue weighted by molar-refractivity contribution is 6.32. The fourth-order valence-electron chi connectivity index (χ4n) is 1.21. The molecule has 0 atom stereocenters. The Bertz CT molecular complexity index is 605. The molecular formula is C10H7ClN4O3. The van der Waals surface area contributed by atoms with Crippen LogP contribution in [0.15, 0.2) is 30.6 Å². The Morgan fingerprint density at radius 1 is 1.33 bits per heavy atom. The van der Waals surface area contributed by atoms with Gasteiger partial charge >= 0.3 is 0 Å². The molecule has 0 aliphatic carbocycles. The molecule has 2 aromatic rings. The van der Waals surface area contributed by atoms with Crippen molar-refractivity contribution >= 4 is 23.1 Å². The zero-order valence-corrected chi connectivity index (χ0v) is 9.66. The van der Waals surface area contributed by atoms with E-state index in [9.17, 15) is 10.1 Å². The number of ether oxygens (including phenoxy) is 1. The minimum atomic E-state index is -0.544. The molecule has 0 spiro atoms. The van der Waals surface area contributed by atoms with Crippen LogP contribution in [-0.2, 0) is 0 Å². The lowest BCUT2D eigenvalue weighted by Gasteiger charge is -2.06. The molecule has 2 N–H and O–H groups in total. The number of nitrogen functional groups attached to an aromatic ring is 1. The summed E-state index contributed by atoms with van der Waals surface area (Å²) in [6.07, 6.45) is 1.22. The molecule has 92 valence electrons. The number of halogens is 1. The van der Waals surface area contributed by atoms with Crippen molar-refractivity contribution in [1.29, 1.82) is 0 Å². The quantitative estimate of drug-likeness (QED) is 0.676. The number of nitro groups is 1. The normalized spacial score (nSPS) is 10.1. The van der Waals surface area contributed by atoms with Crippen LogP contribution in [0.1, 0.15) is 0 Å². The lowest BCUT2D eigenvalue weighted by molar-refractivity contribution is -0.384. The van der Waals surface area contributed by atoms with Gasteiger partial charge in [-0.3, -0.25) is 10.1 Å². The molecular weight excluding hydrogens is 260 g/mol.